The summed E-state index contributed by atoms with van der Waals surface area (Å²) in [6, 6.07) is 0. The second-order valence-corrected chi connectivity index (χ2v) is 9.07. The van der Waals surface area contributed by atoms with E-state index in [1.807, 2.05) is 19.2 Å². The highest BCUT2D eigenvalue weighted by Gasteiger charge is 2.45. The molecule has 2 aromatic rings. The average molecular weight is 469 g/mol. The van der Waals surface area contributed by atoms with Crippen LogP contribution in [0, 0.1) is 0 Å². The van der Waals surface area contributed by atoms with E-state index in [1.165, 1.54) is 13.4 Å². The molecule has 0 radical (unpaired) electrons. The number of alkyl carbamates (subject to hydrolysis) is 1. The minimum atomic E-state index is -1.17. The summed E-state index contributed by atoms with van der Waals surface area (Å²) in [6.07, 6.45) is 8.86. The summed E-state index contributed by atoms with van der Waals surface area (Å²) in [6.45, 7) is 12.0. The molecule has 0 unspecified atom stereocenters. The lowest BCUT2D eigenvalue weighted by Gasteiger charge is -2.42. The lowest BCUT2D eigenvalue weighted by molar-refractivity contribution is -0.150. The largest absolute Gasteiger partial charge is 0.467 e. The van der Waals surface area contributed by atoms with E-state index in [-0.39, 0.29) is 0 Å². The maximum absolute atomic E-state index is 12.7. The highest BCUT2D eigenvalue weighted by molar-refractivity contribution is 5.88. The zero-order valence-electron chi connectivity index (χ0n) is 20.3. The Morgan fingerprint density at radius 3 is 2.44 bits per heavy atom. The summed E-state index contributed by atoms with van der Waals surface area (Å²) in [5.74, 6) is 0.140. The molecule has 34 heavy (non-hydrogen) atoms. The normalized spacial score (nSPS) is 16.0. The number of ether oxygens (including phenoxy) is 2. The first-order valence-electron chi connectivity index (χ1n) is 11.1. The number of hydrogen-bond donors (Lipinski definition) is 2. The van der Waals surface area contributed by atoms with Crippen molar-refractivity contribution in [3.05, 3.63) is 36.6 Å². The number of amides is 1. The van der Waals surface area contributed by atoms with Gasteiger partial charge in [-0.05, 0) is 47.3 Å². The molecule has 1 aliphatic rings. The summed E-state index contributed by atoms with van der Waals surface area (Å²) in [5, 5.41) is 2.78. The monoisotopic (exact) mass is 468 g/mol. The SMILES string of the molecule is C=Nc1[nH]cc(-c2cncnc2)c1/C(=C\C)N1CCC(NC(=O)OC(C)(C)C)(C(=O)OC)CC1. The standard InChI is InChI=1S/C24H32N6O4/c1-7-18(19-17(14-28-20(19)25-5)16-12-26-15-27-13-16)30-10-8-24(9-11-30,21(31)33-6)29-22(32)34-23(2,3)4/h7,12-15,28H,5,8-11H2,1-4,6H3,(H,29,32)/b18-7+. The third kappa shape index (κ3) is 5.27. The number of carbonyl (C=O) groups is 2. The molecule has 0 saturated carbocycles. The molecule has 0 aliphatic carbocycles. The third-order valence-corrected chi connectivity index (χ3v) is 5.69. The Kier molecular flexibility index (Phi) is 7.38. The van der Waals surface area contributed by atoms with Crippen LogP contribution in [0.4, 0.5) is 10.6 Å². The van der Waals surface area contributed by atoms with Gasteiger partial charge in [-0.1, -0.05) is 6.08 Å². The molecule has 0 aromatic carbocycles. The van der Waals surface area contributed by atoms with E-state index in [4.69, 9.17) is 9.47 Å². The van der Waals surface area contributed by atoms with Crippen LogP contribution in [0.5, 0.6) is 0 Å². The van der Waals surface area contributed by atoms with Gasteiger partial charge in [0.25, 0.3) is 0 Å². The third-order valence-electron chi connectivity index (χ3n) is 5.69. The molecule has 3 rings (SSSR count). The minimum Gasteiger partial charge on any atom is -0.467 e. The average Bonchev–Trinajstić information content (AvgIpc) is 3.23. The van der Waals surface area contributed by atoms with Crippen molar-refractivity contribution in [2.24, 2.45) is 4.99 Å². The molecule has 0 bridgehead atoms. The van der Waals surface area contributed by atoms with Crippen LogP contribution in [0.15, 0.2) is 36.0 Å². The van der Waals surface area contributed by atoms with Gasteiger partial charge in [0.2, 0.25) is 0 Å². The summed E-state index contributed by atoms with van der Waals surface area (Å²) in [4.78, 5) is 43.0. The first-order chi connectivity index (χ1) is 16.1. The zero-order valence-corrected chi connectivity index (χ0v) is 20.3. The molecule has 1 fully saturated rings. The number of rotatable bonds is 6. The second kappa shape index (κ2) is 10.1. The van der Waals surface area contributed by atoms with Crippen LogP contribution in [0.2, 0.25) is 0 Å². The fraction of sp³-hybridized carbons (Fsp3) is 0.458. The van der Waals surface area contributed by atoms with Crippen LogP contribution in [0.25, 0.3) is 16.8 Å². The molecule has 1 aliphatic heterocycles. The number of methoxy groups -OCH3 is 1. The first-order valence-corrected chi connectivity index (χ1v) is 11.1. The summed E-state index contributed by atoms with van der Waals surface area (Å²) in [5.41, 5.74) is 1.69. The number of allylic oxidation sites excluding steroid dienone is 1. The summed E-state index contributed by atoms with van der Waals surface area (Å²) < 4.78 is 10.4. The predicted octanol–water partition coefficient (Wildman–Crippen LogP) is 3.70. The van der Waals surface area contributed by atoms with Gasteiger partial charge in [-0.2, -0.15) is 0 Å². The van der Waals surface area contributed by atoms with E-state index in [0.29, 0.717) is 31.7 Å². The molecule has 1 saturated heterocycles. The van der Waals surface area contributed by atoms with Gasteiger partial charge in [-0.25, -0.2) is 24.5 Å². The van der Waals surface area contributed by atoms with Crippen LogP contribution < -0.4 is 5.32 Å². The number of nitrogens with one attached hydrogen (secondary N) is 2. The Balaban J connectivity index is 1.87. The van der Waals surface area contributed by atoms with Crippen molar-refractivity contribution in [2.45, 2.75) is 51.7 Å². The number of aromatic nitrogens is 3. The van der Waals surface area contributed by atoms with Gasteiger partial charge in [-0.15, -0.1) is 0 Å². The van der Waals surface area contributed by atoms with Crippen molar-refractivity contribution in [3.8, 4) is 11.1 Å². The number of carbonyl (C=O) groups excluding carboxylic acids is 2. The van der Waals surface area contributed by atoms with E-state index in [9.17, 15) is 9.59 Å². The van der Waals surface area contributed by atoms with Gasteiger partial charge in [0.15, 0.2) is 0 Å². The molecule has 182 valence electrons. The van der Waals surface area contributed by atoms with Crippen molar-refractivity contribution in [2.75, 3.05) is 20.2 Å². The lowest BCUT2D eigenvalue weighted by Crippen LogP contribution is -2.60. The maximum Gasteiger partial charge on any atom is 0.408 e. The van der Waals surface area contributed by atoms with Crippen LogP contribution in [-0.4, -0.2) is 70.0 Å². The van der Waals surface area contributed by atoms with Crippen LogP contribution in [-0.2, 0) is 14.3 Å². The van der Waals surface area contributed by atoms with E-state index < -0.39 is 23.2 Å². The Hall–Kier alpha value is -3.69. The van der Waals surface area contributed by atoms with Crippen molar-refractivity contribution in [1.29, 1.82) is 0 Å². The smallest absolute Gasteiger partial charge is 0.408 e. The molecular weight excluding hydrogens is 436 g/mol. The van der Waals surface area contributed by atoms with Crippen molar-refractivity contribution in [3.63, 3.8) is 0 Å². The molecule has 10 heteroatoms. The van der Waals surface area contributed by atoms with E-state index in [2.05, 4.69) is 36.9 Å². The molecule has 3 heterocycles. The Bertz CT molecular complexity index is 1060. The zero-order chi connectivity index (χ0) is 24.9. The van der Waals surface area contributed by atoms with Gasteiger partial charge in [0, 0.05) is 54.1 Å². The highest BCUT2D eigenvalue weighted by Crippen LogP contribution is 2.39. The number of esters is 1. The second-order valence-electron chi connectivity index (χ2n) is 9.07. The summed E-state index contributed by atoms with van der Waals surface area (Å²) >= 11 is 0. The molecule has 2 aromatic heterocycles. The number of H-pyrrole nitrogens is 1. The van der Waals surface area contributed by atoms with Gasteiger partial charge >= 0.3 is 12.1 Å². The van der Waals surface area contributed by atoms with E-state index in [0.717, 1.165) is 22.4 Å². The number of piperidine rings is 1. The predicted molar refractivity (Wildman–Crippen MR) is 130 cm³/mol. The number of aliphatic imine (C=N–C) groups is 1. The Morgan fingerprint density at radius 2 is 1.91 bits per heavy atom. The molecule has 10 nitrogen and oxygen atoms in total. The molecule has 0 spiro atoms. The number of nitrogens with zero attached hydrogens (tertiary/aromatic N) is 4. The van der Waals surface area contributed by atoms with Crippen molar-refractivity contribution >= 4 is 30.3 Å². The quantitative estimate of drug-likeness (QED) is 0.490. The van der Waals surface area contributed by atoms with Gasteiger partial charge in [0.1, 0.15) is 23.3 Å². The Morgan fingerprint density at radius 1 is 1.26 bits per heavy atom. The fourth-order valence-electron chi connectivity index (χ4n) is 4.15. The maximum atomic E-state index is 12.7. The van der Waals surface area contributed by atoms with Crippen molar-refractivity contribution in [1.82, 2.24) is 25.2 Å². The van der Waals surface area contributed by atoms with Crippen LogP contribution >= 0.6 is 0 Å². The topological polar surface area (TPSA) is 122 Å². The van der Waals surface area contributed by atoms with E-state index >= 15 is 0 Å². The molecule has 1 amide bonds. The molecule has 0 atom stereocenters. The first kappa shape index (κ1) is 24.9. The minimum absolute atomic E-state index is 0.349. The van der Waals surface area contributed by atoms with Gasteiger partial charge in [-0.3, -0.25) is 0 Å². The molecule has 2 N–H and O–H groups in total. The van der Waals surface area contributed by atoms with Gasteiger partial charge < -0.3 is 24.7 Å². The highest BCUT2D eigenvalue weighted by atomic mass is 16.6. The Labute approximate surface area is 199 Å². The lowest BCUT2D eigenvalue weighted by atomic mass is 9.86. The summed E-state index contributed by atoms with van der Waals surface area (Å²) in [7, 11) is 1.32. The van der Waals surface area contributed by atoms with E-state index in [1.54, 1.807) is 33.2 Å². The number of aromatic amines is 1. The van der Waals surface area contributed by atoms with Crippen LogP contribution in [0.3, 0.4) is 0 Å². The van der Waals surface area contributed by atoms with Crippen LogP contribution in [0.1, 0.15) is 46.1 Å². The number of likely N-dealkylation sites (tertiary alicyclic amines) is 1. The van der Waals surface area contributed by atoms with Crippen molar-refractivity contribution < 1.29 is 19.1 Å². The number of hydrogen-bond acceptors (Lipinski definition) is 8. The van der Waals surface area contributed by atoms with Gasteiger partial charge in [0.05, 0.1) is 7.11 Å². The fourth-order valence-corrected chi connectivity index (χ4v) is 4.15. The molecular formula is C24H32N6O4.